The molecule has 32 heavy (non-hydrogen) atoms. The monoisotopic (exact) mass is 464 g/mol. The normalized spacial score (nSPS) is 10.7. The van der Waals surface area contributed by atoms with E-state index in [-0.39, 0.29) is 11.8 Å². The summed E-state index contributed by atoms with van der Waals surface area (Å²) in [6, 6.07) is 22.2. The van der Waals surface area contributed by atoms with Gasteiger partial charge in [0, 0.05) is 23.7 Å². The number of benzene rings is 3. The molecular weight excluding hydrogens is 444 g/mol. The van der Waals surface area contributed by atoms with E-state index in [1.54, 1.807) is 49.4 Å². The van der Waals surface area contributed by atoms with Crippen molar-refractivity contribution in [3.63, 3.8) is 0 Å². The molecule has 0 saturated carbocycles. The maximum Gasteiger partial charge on any atom is 0.267 e. The molecule has 1 aromatic heterocycles. The number of carbonyl (C=O) groups is 2. The molecule has 3 aromatic carbocycles. The maximum atomic E-state index is 13.1. The van der Waals surface area contributed by atoms with Crippen LogP contribution in [0.2, 0.25) is 5.02 Å². The lowest BCUT2D eigenvalue weighted by Gasteiger charge is -2.19. The molecule has 0 spiro atoms. The lowest BCUT2D eigenvalue weighted by atomic mass is 10.1. The summed E-state index contributed by atoms with van der Waals surface area (Å²) in [5, 5.41) is 4.04. The van der Waals surface area contributed by atoms with Crippen LogP contribution in [0.15, 0.2) is 72.8 Å². The SMILES string of the molecule is COc1ccc2c(Cl)c(C(=O)Nc3ccccc3C(=O)N(C)Cc3ccccc3)sc2c1. The lowest BCUT2D eigenvalue weighted by molar-refractivity contribution is 0.0786. The van der Waals surface area contributed by atoms with Crippen LogP contribution in [-0.4, -0.2) is 30.9 Å². The number of hydrogen-bond acceptors (Lipinski definition) is 4. The topological polar surface area (TPSA) is 58.6 Å². The second kappa shape index (κ2) is 9.42. The van der Waals surface area contributed by atoms with Crippen molar-refractivity contribution < 1.29 is 14.3 Å². The minimum absolute atomic E-state index is 0.183. The average molecular weight is 465 g/mol. The fourth-order valence-corrected chi connectivity index (χ4v) is 4.85. The lowest BCUT2D eigenvalue weighted by Crippen LogP contribution is -2.27. The van der Waals surface area contributed by atoms with Crippen LogP contribution >= 0.6 is 22.9 Å². The molecular formula is C25H21ClN2O3S. The van der Waals surface area contributed by atoms with Crippen molar-refractivity contribution in [3.05, 3.63) is 93.8 Å². The Bertz CT molecular complexity index is 1290. The minimum Gasteiger partial charge on any atom is -0.497 e. The molecule has 0 bridgehead atoms. The number of halogens is 1. The van der Waals surface area contributed by atoms with Crippen LogP contribution in [0.3, 0.4) is 0 Å². The van der Waals surface area contributed by atoms with Gasteiger partial charge in [-0.3, -0.25) is 9.59 Å². The number of anilines is 1. The van der Waals surface area contributed by atoms with E-state index in [2.05, 4.69) is 5.32 Å². The molecule has 7 heteroatoms. The summed E-state index contributed by atoms with van der Waals surface area (Å²) in [6.45, 7) is 0.464. The van der Waals surface area contributed by atoms with Gasteiger partial charge in [0.1, 0.15) is 10.6 Å². The number of thiophene rings is 1. The van der Waals surface area contributed by atoms with Gasteiger partial charge in [0.2, 0.25) is 0 Å². The zero-order valence-electron chi connectivity index (χ0n) is 17.6. The molecule has 5 nitrogen and oxygen atoms in total. The zero-order valence-corrected chi connectivity index (χ0v) is 19.2. The zero-order chi connectivity index (χ0) is 22.7. The first-order valence-corrected chi connectivity index (χ1v) is 11.1. The van der Waals surface area contributed by atoms with Crippen molar-refractivity contribution in [2.75, 3.05) is 19.5 Å². The molecule has 0 radical (unpaired) electrons. The fourth-order valence-electron chi connectivity index (χ4n) is 3.41. The summed E-state index contributed by atoms with van der Waals surface area (Å²) in [6.07, 6.45) is 0. The molecule has 162 valence electrons. The highest BCUT2D eigenvalue weighted by Crippen LogP contribution is 2.37. The van der Waals surface area contributed by atoms with Crippen molar-refractivity contribution >= 4 is 50.5 Å². The van der Waals surface area contributed by atoms with Gasteiger partial charge in [-0.05, 0) is 35.9 Å². The van der Waals surface area contributed by atoms with Gasteiger partial charge in [-0.2, -0.15) is 0 Å². The molecule has 2 amide bonds. The Kier molecular flexibility index (Phi) is 6.44. The molecule has 0 aliphatic carbocycles. The van der Waals surface area contributed by atoms with E-state index in [0.717, 1.165) is 15.6 Å². The second-order valence-electron chi connectivity index (χ2n) is 7.25. The van der Waals surface area contributed by atoms with Crippen molar-refractivity contribution in [2.24, 2.45) is 0 Å². The van der Waals surface area contributed by atoms with Gasteiger partial charge in [-0.1, -0.05) is 54.1 Å². The third kappa shape index (κ3) is 4.47. The number of fused-ring (bicyclic) bond motifs is 1. The van der Waals surface area contributed by atoms with Gasteiger partial charge in [-0.15, -0.1) is 11.3 Å². The number of carbonyl (C=O) groups excluding carboxylic acids is 2. The third-order valence-electron chi connectivity index (χ3n) is 5.06. The smallest absolute Gasteiger partial charge is 0.267 e. The van der Waals surface area contributed by atoms with Crippen molar-refractivity contribution in [2.45, 2.75) is 6.54 Å². The van der Waals surface area contributed by atoms with E-state index in [1.165, 1.54) is 11.3 Å². The first kappa shape index (κ1) is 21.9. The van der Waals surface area contributed by atoms with Gasteiger partial charge in [0.15, 0.2) is 0 Å². The number of nitrogens with one attached hydrogen (secondary N) is 1. The summed E-state index contributed by atoms with van der Waals surface area (Å²) in [5.74, 6) is 0.151. The van der Waals surface area contributed by atoms with Crippen LogP contribution in [0.4, 0.5) is 5.69 Å². The predicted molar refractivity (Wildman–Crippen MR) is 130 cm³/mol. The van der Waals surface area contributed by atoms with Crippen LogP contribution in [0, 0.1) is 0 Å². The molecule has 1 heterocycles. The number of ether oxygens (including phenoxy) is 1. The Morgan fingerprint density at radius 1 is 1.03 bits per heavy atom. The van der Waals surface area contributed by atoms with Gasteiger partial charge in [0.25, 0.3) is 11.8 Å². The van der Waals surface area contributed by atoms with Crippen LogP contribution in [0.1, 0.15) is 25.6 Å². The van der Waals surface area contributed by atoms with Crippen LogP contribution in [0.25, 0.3) is 10.1 Å². The summed E-state index contributed by atoms with van der Waals surface area (Å²) in [5.41, 5.74) is 1.88. The molecule has 0 saturated heterocycles. The largest absolute Gasteiger partial charge is 0.497 e. The van der Waals surface area contributed by atoms with E-state index < -0.39 is 0 Å². The summed E-state index contributed by atoms with van der Waals surface area (Å²) in [7, 11) is 3.33. The quantitative estimate of drug-likeness (QED) is 0.375. The van der Waals surface area contributed by atoms with Crippen molar-refractivity contribution in [1.82, 2.24) is 4.90 Å². The Morgan fingerprint density at radius 3 is 2.50 bits per heavy atom. The second-order valence-corrected chi connectivity index (χ2v) is 8.68. The molecule has 0 unspecified atom stereocenters. The Hall–Kier alpha value is -3.35. The fraction of sp³-hybridized carbons (Fsp3) is 0.120. The van der Waals surface area contributed by atoms with E-state index in [9.17, 15) is 9.59 Å². The molecule has 1 N–H and O–H groups in total. The highest BCUT2D eigenvalue weighted by molar-refractivity contribution is 7.21. The van der Waals surface area contributed by atoms with Gasteiger partial charge in [0.05, 0.1) is 23.4 Å². The maximum absolute atomic E-state index is 13.1. The average Bonchev–Trinajstić information content (AvgIpc) is 3.15. The predicted octanol–water partition coefficient (Wildman–Crippen LogP) is 6.09. The van der Waals surface area contributed by atoms with Crippen molar-refractivity contribution in [1.29, 1.82) is 0 Å². The molecule has 4 rings (SSSR count). The molecule has 0 aliphatic heterocycles. The minimum atomic E-state index is -0.360. The Balaban J connectivity index is 1.58. The number of para-hydroxylation sites is 1. The van der Waals surface area contributed by atoms with E-state index >= 15 is 0 Å². The summed E-state index contributed by atoms with van der Waals surface area (Å²) in [4.78, 5) is 28.2. The molecule has 0 fully saturated rings. The number of rotatable bonds is 6. The third-order valence-corrected chi connectivity index (χ3v) is 6.71. The van der Waals surface area contributed by atoms with E-state index in [4.69, 9.17) is 16.3 Å². The summed E-state index contributed by atoms with van der Waals surface area (Å²) < 4.78 is 6.11. The van der Waals surface area contributed by atoms with E-state index in [1.807, 2.05) is 42.5 Å². The number of nitrogens with zero attached hydrogens (tertiary/aromatic N) is 1. The van der Waals surface area contributed by atoms with Gasteiger partial charge < -0.3 is 15.0 Å². The van der Waals surface area contributed by atoms with Crippen LogP contribution < -0.4 is 10.1 Å². The van der Waals surface area contributed by atoms with Gasteiger partial charge >= 0.3 is 0 Å². The Labute approximate surface area is 195 Å². The number of amides is 2. The standard InChI is InChI=1S/C25H21ClN2O3S/c1-28(15-16-8-4-3-5-9-16)25(30)18-10-6-7-11-20(18)27-24(29)23-22(26)19-13-12-17(31-2)14-21(19)32-23/h3-14H,15H2,1-2H3,(H,27,29). The Morgan fingerprint density at radius 2 is 1.75 bits per heavy atom. The number of hydrogen-bond donors (Lipinski definition) is 1. The first-order valence-electron chi connectivity index (χ1n) is 9.93. The van der Waals surface area contributed by atoms with Crippen LogP contribution in [0.5, 0.6) is 5.75 Å². The molecule has 0 atom stereocenters. The van der Waals surface area contributed by atoms with Crippen molar-refractivity contribution in [3.8, 4) is 5.75 Å². The number of methoxy groups -OCH3 is 1. The van der Waals surface area contributed by atoms with Crippen LogP contribution in [-0.2, 0) is 6.54 Å². The summed E-state index contributed by atoms with van der Waals surface area (Å²) >= 11 is 7.77. The highest BCUT2D eigenvalue weighted by Gasteiger charge is 2.21. The molecule has 4 aromatic rings. The highest BCUT2D eigenvalue weighted by atomic mass is 35.5. The van der Waals surface area contributed by atoms with Gasteiger partial charge in [-0.25, -0.2) is 0 Å². The molecule has 0 aliphatic rings. The first-order chi connectivity index (χ1) is 15.5. The van der Waals surface area contributed by atoms with E-state index in [0.29, 0.717) is 33.4 Å².